The molecule has 0 saturated carbocycles. The van der Waals surface area contributed by atoms with Gasteiger partial charge in [-0.3, -0.25) is 4.79 Å². The Kier molecular flexibility index (Phi) is 4.44. The number of thioether (sulfide) groups is 1. The smallest absolute Gasteiger partial charge is 0.337 e. The molecule has 0 radical (unpaired) electrons. The first-order valence-corrected chi connectivity index (χ1v) is 8.52. The number of benzene rings is 2. The van der Waals surface area contributed by atoms with Gasteiger partial charge < -0.3 is 10.4 Å². The summed E-state index contributed by atoms with van der Waals surface area (Å²) in [6.07, 6.45) is 1.89. The van der Waals surface area contributed by atoms with Crippen LogP contribution in [0.2, 0.25) is 0 Å². The SMILES string of the molecule is Cc1cc2c(cc1C)SCC(C(=O)Nc1ccccc1C(=O)O)=C2. The number of carboxylic acids is 1. The summed E-state index contributed by atoms with van der Waals surface area (Å²) in [5, 5.41) is 11.9. The second-order valence-corrected chi connectivity index (χ2v) is 6.75. The highest BCUT2D eigenvalue weighted by atomic mass is 32.2. The van der Waals surface area contributed by atoms with E-state index in [9.17, 15) is 14.7 Å². The molecule has 2 N–H and O–H groups in total. The second-order valence-electron chi connectivity index (χ2n) is 5.74. The van der Waals surface area contributed by atoms with E-state index in [0.717, 1.165) is 5.56 Å². The summed E-state index contributed by atoms with van der Waals surface area (Å²) in [6.45, 7) is 4.12. The molecule has 1 heterocycles. The molecular weight excluding hydrogens is 322 g/mol. The van der Waals surface area contributed by atoms with Gasteiger partial charge in [0.25, 0.3) is 5.91 Å². The molecule has 0 spiro atoms. The number of anilines is 1. The first-order chi connectivity index (χ1) is 11.5. The zero-order valence-corrected chi connectivity index (χ0v) is 14.2. The lowest BCUT2D eigenvalue weighted by molar-refractivity contribution is -0.112. The highest BCUT2D eigenvalue weighted by Crippen LogP contribution is 2.34. The van der Waals surface area contributed by atoms with Crippen molar-refractivity contribution >= 4 is 35.4 Å². The molecule has 0 fully saturated rings. The number of amides is 1. The molecule has 1 aliphatic heterocycles. The molecule has 0 unspecified atom stereocenters. The molecular formula is C19H17NO3S. The van der Waals surface area contributed by atoms with Crippen LogP contribution in [0.5, 0.6) is 0 Å². The van der Waals surface area contributed by atoms with Crippen molar-refractivity contribution in [3.8, 4) is 0 Å². The number of carbonyl (C=O) groups excluding carboxylic acids is 1. The number of carboxylic acid groups (broad SMARTS) is 1. The predicted octanol–water partition coefficient (Wildman–Crippen LogP) is 4.13. The van der Waals surface area contributed by atoms with Crippen LogP contribution in [0, 0.1) is 13.8 Å². The van der Waals surface area contributed by atoms with Crippen LogP contribution >= 0.6 is 11.8 Å². The van der Waals surface area contributed by atoms with Gasteiger partial charge in [-0.2, -0.15) is 0 Å². The summed E-state index contributed by atoms with van der Waals surface area (Å²) in [5.41, 5.74) is 4.48. The van der Waals surface area contributed by atoms with Crippen molar-refractivity contribution in [2.45, 2.75) is 18.7 Å². The van der Waals surface area contributed by atoms with Gasteiger partial charge in [0.15, 0.2) is 0 Å². The lowest BCUT2D eigenvalue weighted by Gasteiger charge is -2.18. The number of rotatable bonds is 3. The predicted molar refractivity (Wildman–Crippen MR) is 96.6 cm³/mol. The third-order valence-corrected chi connectivity index (χ3v) is 5.16. The van der Waals surface area contributed by atoms with Crippen LogP contribution in [0.1, 0.15) is 27.0 Å². The molecule has 0 atom stereocenters. The van der Waals surface area contributed by atoms with Gasteiger partial charge >= 0.3 is 5.97 Å². The third kappa shape index (κ3) is 3.21. The molecule has 5 heteroatoms. The molecule has 24 heavy (non-hydrogen) atoms. The van der Waals surface area contributed by atoms with E-state index in [-0.39, 0.29) is 11.5 Å². The summed E-state index contributed by atoms with van der Waals surface area (Å²) in [6, 6.07) is 10.6. The molecule has 3 rings (SSSR count). The topological polar surface area (TPSA) is 66.4 Å². The summed E-state index contributed by atoms with van der Waals surface area (Å²) in [7, 11) is 0. The number of aryl methyl sites for hydroxylation is 2. The van der Waals surface area contributed by atoms with E-state index in [1.54, 1.807) is 30.0 Å². The highest BCUT2D eigenvalue weighted by molar-refractivity contribution is 7.99. The minimum atomic E-state index is -1.06. The average Bonchev–Trinajstić information content (AvgIpc) is 2.55. The number of nitrogens with one attached hydrogen (secondary N) is 1. The van der Waals surface area contributed by atoms with E-state index in [1.807, 2.05) is 13.0 Å². The van der Waals surface area contributed by atoms with Gasteiger partial charge in [-0.1, -0.05) is 18.2 Å². The summed E-state index contributed by atoms with van der Waals surface area (Å²) >= 11 is 1.62. The van der Waals surface area contributed by atoms with E-state index >= 15 is 0 Å². The van der Waals surface area contributed by atoms with Crippen LogP contribution in [0.3, 0.4) is 0 Å². The fourth-order valence-electron chi connectivity index (χ4n) is 2.55. The Morgan fingerprint density at radius 1 is 1.12 bits per heavy atom. The number of carbonyl (C=O) groups is 2. The van der Waals surface area contributed by atoms with Gasteiger partial charge in [-0.05, 0) is 54.8 Å². The van der Waals surface area contributed by atoms with Gasteiger partial charge in [0.05, 0.1) is 11.3 Å². The van der Waals surface area contributed by atoms with Crippen LogP contribution < -0.4 is 5.32 Å². The maximum Gasteiger partial charge on any atom is 0.337 e. The molecule has 0 bridgehead atoms. The monoisotopic (exact) mass is 339 g/mol. The molecule has 2 aromatic rings. The Morgan fingerprint density at radius 2 is 1.83 bits per heavy atom. The van der Waals surface area contributed by atoms with Gasteiger partial charge in [0.2, 0.25) is 0 Å². The Hall–Kier alpha value is -2.53. The molecule has 122 valence electrons. The third-order valence-electron chi connectivity index (χ3n) is 4.04. The van der Waals surface area contributed by atoms with Crippen LogP contribution in [0.4, 0.5) is 5.69 Å². The van der Waals surface area contributed by atoms with Crippen LogP contribution in [-0.2, 0) is 4.79 Å². The summed E-state index contributed by atoms with van der Waals surface area (Å²) in [4.78, 5) is 24.9. The lowest BCUT2D eigenvalue weighted by Crippen LogP contribution is -2.19. The van der Waals surface area contributed by atoms with Gasteiger partial charge in [-0.25, -0.2) is 4.79 Å². The fourth-order valence-corrected chi connectivity index (χ4v) is 3.62. The molecule has 2 aromatic carbocycles. The number of fused-ring (bicyclic) bond motifs is 1. The molecule has 0 aromatic heterocycles. The Morgan fingerprint density at radius 3 is 2.58 bits per heavy atom. The van der Waals surface area contributed by atoms with Crippen molar-refractivity contribution in [1.82, 2.24) is 0 Å². The molecule has 0 saturated heterocycles. The molecule has 1 aliphatic rings. The minimum absolute atomic E-state index is 0.0850. The van der Waals surface area contributed by atoms with Crippen molar-refractivity contribution in [3.63, 3.8) is 0 Å². The Balaban J connectivity index is 1.87. The second kappa shape index (κ2) is 6.53. The number of hydrogen-bond acceptors (Lipinski definition) is 3. The fraction of sp³-hybridized carbons (Fsp3) is 0.158. The van der Waals surface area contributed by atoms with E-state index < -0.39 is 5.97 Å². The van der Waals surface area contributed by atoms with Crippen molar-refractivity contribution in [2.24, 2.45) is 0 Å². The normalized spacial score (nSPS) is 13.0. The highest BCUT2D eigenvalue weighted by Gasteiger charge is 2.19. The average molecular weight is 339 g/mol. The van der Waals surface area contributed by atoms with Gasteiger partial charge in [-0.15, -0.1) is 11.8 Å². The first kappa shape index (κ1) is 16.3. The van der Waals surface area contributed by atoms with Crippen LogP contribution in [0.25, 0.3) is 6.08 Å². The number of para-hydroxylation sites is 1. The minimum Gasteiger partial charge on any atom is -0.478 e. The van der Waals surface area contributed by atoms with E-state index in [4.69, 9.17) is 0 Å². The van der Waals surface area contributed by atoms with E-state index in [1.165, 1.54) is 22.1 Å². The Labute approximate surface area is 144 Å². The van der Waals surface area contributed by atoms with Crippen molar-refractivity contribution < 1.29 is 14.7 Å². The number of hydrogen-bond donors (Lipinski definition) is 2. The van der Waals surface area contributed by atoms with Crippen molar-refractivity contribution in [2.75, 3.05) is 11.1 Å². The summed E-state index contributed by atoms with van der Waals surface area (Å²) < 4.78 is 0. The molecule has 1 amide bonds. The largest absolute Gasteiger partial charge is 0.478 e. The lowest BCUT2D eigenvalue weighted by atomic mass is 10.0. The van der Waals surface area contributed by atoms with E-state index in [2.05, 4.69) is 24.4 Å². The zero-order valence-electron chi connectivity index (χ0n) is 13.4. The van der Waals surface area contributed by atoms with Crippen molar-refractivity contribution in [3.05, 3.63) is 64.2 Å². The molecule has 4 nitrogen and oxygen atoms in total. The maximum atomic E-state index is 12.5. The maximum absolute atomic E-state index is 12.5. The Bertz CT molecular complexity index is 871. The van der Waals surface area contributed by atoms with Crippen LogP contribution in [0.15, 0.2) is 46.9 Å². The quantitative estimate of drug-likeness (QED) is 0.882. The van der Waals surface area contributed by atoms with Gasteiger partial charge in [0.1, 0.15) is 0 Å². The van der Waals surface area contributed by atoms with Gasteiger partial charge in [0, 0.05) is 16.2 Å². The van der Waals surface area contributed by atoms with E-state index in [0.29, 0.717) is 17.0 Å². The van der Waals surface area contributed by atoms with Crippen LogP contribution in [-0.4, -0.2) is 22.7 Å². The van der Waals surface area contributed by atoms with Crippen molar-refractivity contribution in [1.29, 1.82) is 0 Å². The molecule has 0 aliphatic carbocycles. The summed E-state index contributed by atoms with van der Waals surface area (Å²) in [5.74, 6) is -0.759. The standard InChI is InChI=1S/C19H17NO3S/c1-11-7-13-9-14(10-24-17(13)8-12(11)2)18(21)20-16-6-4-3-5-15(16)19(22)23/h3-9H,10H2,1-2H3,(H,20,21)(H,22,23). The first-order valence-electron chi connectivity index (χ1n) is 7.54. The number of aromatic carboxylic acids is 1. The zero-order chi connectivity index (χ0) is 17.3.